The summed E-state index contributed by atoms with van der Waals surface area (Å²) in [6, 6.07) is 6.74. The molecule has 4 rings (SSSR count). The molecule has 16 heteroatoms. The molecule has 0 atom stereocenters. The van der Waals surface area contributed by atoms with Crippen LogP contribution in [0.3, 0.4) is 0 Å². The van der Waals surface area contributed by atoms with Crippen LogP contribution in [0.5, 0.6) is 11.5 Å². The highest BCUT2D eigenvalue weighted by Crippen LogP contribution is 2.40. The first-order valence-electron chi connectivity index (χ1n) is 13.5. The normalized spacial score (nSPS) is 16.0. The van der Waals surface area contributed by atoms with Crippen LogP contribution < -0.4 is 9.47 Å². The zero-order valence-corrected chi connectivity index (χ0v) is 26.8. The maximum Gasteiger partial charge on any atom is 0.410 e. The molecule has 238 valence electrons. The van der Waals surface area contributed by atoms with Crippen molar-refractivity contribution in [3.63, 3.8) is 0 Å². The fourth-order valence-electron chi connectivity index (χ4n) is 4.40. The maximum absolute atomic E-state index is 13.4. The van der Waals surface area contributed by atoms with Crippen LogP contribution in [0.4, 0.5) is 4.79 Å². The summed E-state index contributed by atoms with van der Waals surface area (Å²) < 4.78 is 48.8. The third-order valence-corrected chi connectivity index (χ3v) is 8.83. The standard InChI is InChI=1S/C28H31Cl2N3O10S/c1-5-40-20-13-17(41-15-22(34)31-9-11-32(12-10-31)27(37)43-28(2,3)4)14-21-24(20)25(35)33(44(21,38)39)16-42-26(36)23-18(29)7-6-8-19(23)30/h6-8,13-14H,5,9-12,15-16H2,1-4H3. The zero-order chi connectivity index (χ0) is 32.4. The summed E-state index contributed by atoms with van der Waals surface area (Å²) in [4.78, 5) is 53.6. The van der Waals surface area contributed by atoms with E-state index in [9.17, 15) is 27.6 Å². The van der Waals surface area contributed by atoms with E-state index in [-0.39, 0.29) is 65.5 Å². The SMILES string of the molecule is CCOc1cc(OCC(=O)N2CCN(C(=O)OC(C)(C)C)CC2)cc2c1C(=O)N(COC(=O)c1c(Cl)cccc1Cl)S2(=O)=O. The van der Waals surface area contributed by atoms with Gasteiger partial charge in [0.05, 0.1) is 22.2 Å². The number of carbonyl (C=O) groups excluding carboxylic acids is 4. The van der Waals surface area contributed by atoms with Gasteiger partial charge in [-0.25, -0.2) is 18.0 Å². The molecule has 2 aromatic carbocycles. The molecule has 0 N–H and O–H groups in total. The number of fused-ring (bicyclic) bond motifs is 1. The highest BCUT2D eigenvalue weighted by atomic mass is 35.5. The van der Waals surface area contributed by atoms with Crippen molar-refractivity contribution in [2.75, 3.05) is 46.1 Å². The van der Waals surface area contributed by atoms with Crippen LogP contribution in [0, 0.1) is 0 Å². The Morgan fingerprint density at radius 3 is 2.16 bits per heavy atom. The number of ether oxygens (including phenoxy) is 4. The monoisotopic (exact) mass is 671 g/mol. The van der Waals surface area contributed by atoms with Gasteiger partial charge in [-0.1, -0.05) is 29.3 Å². The molecule has 44 heavy (non-hydrogen) atoms. The van der Waals surface area contributed by atoms with Crippen LogP contribution in [0.2, 0.25) is 10.0 Å². The summed E-state index contributed by atoms with van der Waals surface area (Å²) >= 11 is 12.1. The second-order valence-electron chi connectivity index (χ2n) is 10.7. The molecule has 0 aliphatic carbocycles. The van der Waals surface area contributed by atoms with Crippen LogP contribution in [-0.2, 0) is 24.3 Å². The number of benzene rings is 2. The molecule has 0 spiro atoms. The molecule has 2 aromatic rings. The van der Waals surface area contributed by atoms with Crippen LogP contribution in [-0.4, -0.2) is 98.1 Å². The van der Waals surface area contributed by atoms with E-state index in [1.807, 2.05) is 0 Å². The number of esters is 1. The fraction of sp³-hybridized carbons (Fsp3) is 0.429. The number of piperazine rings is 1. The Balaban J connectivity index is 1.44. The molecule has 2 aliphatic heterocycles. The van der Waals surface area contributed by atoms with Gasteiger partial charge in [0.15, 0.2) is 13.3 Å². The first-order valence-corrected chi connectivity index (χ1v) is 15.7. The molecule has 0 radical (unpaired) electrons. The molecule has 3 amide bonds. The minimum absolute atomic E-state index is 0.0127. The predicted octanol–water partition coefficient (Wildman–Crippen LogP) is 3.81. The highest BCUT2D eigenvalue weighted by molar-refractivity contribution is 7.90. The number of halogens is 2. The van der Waals surface area contributed by atoms with Gasteiger partial charge in [-0.3, -0.25) is 9.59 Å². The van der Waals surface area contributed by atoms with Gasteiger partial charge in [-0.15, -0.1) is 0 Å². The van der Waals surface area contributed by atoms with Gasteiger partial charge in [-0.2, -0.15) is 4.31 Å². The van der Waals surface area contributed by atoms with Gasteiger partial charge in [0.1, 0.15) is 27.6 Å². The Morgan fingerprint density at radius 2 is 1.57 bits per heavy atom. The van der Waals surface area contributed by atoms with Crippen LogP contribution in [0.25, 0.3) is 0 Å². The molecule has 0 bridgehead atoms. The minimum atomic E-state index is -4.51. The van der Waals surface area contributed by atoms with E-state index in [0.29, 0.717) is 4.31 Å². The highest BCUT2D eigenvalue weighted by Gasteiger charge is 2.45. The number of nitrogens with zero attached hydrogens (tertiary/aromatic N) is 3. The van der Waals surface area contributed by atoms with Crippen molar-refractivity contribution in [3.05, 3.63) is 51.5 Å². The lowest BCUT2D eigenvalue weighted by Crippen LogP contribution is -2.52. The molecule has 1 fully saturated rings. The van der Waals surface area contributed by atoms with E-state index >= 15 is 0 Å². The van der Waals surface area contributed by atoms with Crippen molar-refractivity contribution in [2.24, 2.45) is 0 Å². The average molecular weight is 673 g/mol. The van der Waals surface area contributed by atoms with Gasteiger partial charge in [0, 0.05) is 38.3 Å². The van der Waals surface area contributed by atoms with Gasteiger partial charge in [0.25, 0.3) is 21.8 Å². The second-order valence-corrected chi connectivity index (χ2v) is 13.3. The average Bonchev–Trinajstić information content (AvgIpc) is 3.14. The van der Waals surface area contributed by atoms with Crippen molar-refractivity contribution >= 4 is 57.1 Å². The minimum Gasteiger partial charge on any atom is -0.493 e. The van der Waals surface area contributed by atoms with Gasteiger partial charge in [0.2, 0.25) is 0 Å². The Labute approximate surface area is 264 Å². The van der Waals surface area contributed by atoms with Crippen LogP contribution >= 0.6 is 23.2 Å². The van der Waals surface area contributed by atoms with Gasteiger partial charge in [-0.05, 0) is 39.8 Å². The van der Waals surface area contributed by atoms with Crippen LogP contribution in [0.1, 0.15) is 48.4 Å². The van der Waals surface area contributed by atoms with Crippen LogP contribution in [0.15, 0.2) is 35.2 Å². The lowest BCUT2D eigenvalue weighted by molar-refractivity contribution is -0.135. The van der Waals surface area contributed by atoms with Crippen molar-refractivity contribution in [3.8, 4) is 11.5 Å². The number of hydrogen-bond acceptors (Lipinski definition) is 10. The van der Waals surface area contributed by atoms with Crippen molar-refractivity contribution < 1.29 is 46.5 Å². The Bertz CT molecular complexity index is 1560. The molecule has 2 heterocycles. The summed E-state index contributed by atoms with van der Waals surface area (Å²) in [5, 5.41) is -0.0254. The number of hydrogen-bond donors (Lipinski definition) is 0. The third-order valence-electron chi connectivity index (χ3n) is 6.47. The maximum atomic E-state index is 13.4. The Hall–Kier alpha value is -3.75. The third kappa shape index (κ3) is 7.13. The van der Waals surface area contributed by atoms with E-state index < -0.39 is 57.7 Å². The first kappa shape index (κ1) is 33.1. The topological polar surface area (TPSA) is 149 Å². The lowest BCUT2D eigenvalue weighted by Gasteiger charge is -2.35. The van der Waals surface area contributed by atoms with Gasteiger partial charge < -0.3 is 28.7 Å². The number of carbonyl (C=O) groups is 4. The summed E-state index contributed by atoms with van der Waals surface area (Å²) in [6.07, 6.45) is -0.463. The van der Waals surface area contributed by atoms with E-state index in [1.54, 1.807) is 27.7 Å². The Kier molecular flexibility index (Phi) is 9.86. The fourth-order valence-corrected chi connectivity index (χ4v) is 6.40. The number of amides is 3. The Morgan fingerprint density at radius 1 is 0.955 bits per heavy atom. The molecule has 0 saturated carbocycles. The van der Waals surface area contributed by atoms with E-state index in [1.165, 1.54) is 34.1 Å². The summed E-state index contributed by atoms with van der Waals surface area (Å²) in [7, 11) is -4.51. The first-order chi connectivity index (χ1) is 20.6. The van der Waals surface area contributed by atoms with Crippen molar-refractivity contribution in [1.29, 1.82) is 0 Å². The molecule has 13 nitrogen and oxygen atoms in total. The number of sulfonamides is 1. The van der Waals surface area contributed by atoms with E-state index in [0.717, 1.165) is 6.07 Å². The predicted molar refractivity (Wildman–Crippen MR) is 158 cm³/mol. The smallest absolute Gasteiger partial charge is 0.410 e. The second kappa shape index (κ2) is 13.1. The van der Waals surface area contributed by atoms with Crippen molar-refractivity contribution in [2.45, 2.75) is 38.2 Å². The van der Waals surface area contributed by atoms with E-state index in [4.69, 9.17) is 42.1 Å². The molecular formula is C28H31Cl2N3O10S. The summed E-state index contributed by atoms with van der Waals surface area (Å²) in [6.45, 7) is 6.70. The molecular weight excluding hydrogens is 641 g/mol. The summed E-state index contributed by atoms with van der Waals surface area (Å²) in [5.74, 6) is -2.52. The molecule has 0 unspecified atom stereocenters. The molecule has 1 saturated heterocycles. The molecule has 2 aliphatic rings. The van der Waals surface area contributed by atoms with Crippen molar-refractivity contribution in [1.82, 2.24) is 14.1 Å². The largest absolute Gasteiger partial charge is 0.493 e. The lowest BCUT2D eigenvalue weighted by atomic mass is 10.1. The molecule has 0 aromatic heterocycles. The zero-order valence-electron chi connectivity index (χ0n) is 24.4. The van der Waals surface area contributed by atoms with E-state index in [2.05, 4.69) is 0 Å². The van der Waals surface area contributed by atoms with Gasteiger partial charge >= 0.3 is 12.1 Å². The number of rotatable bonds is 8. The summed E-state index contributed by atoms with van der Waals surface area (Å²) in [5.41, 5.74) is -1.09. The quantitative estimate of drug-likeness (QED) is 0.379.